The number of sulfonamides is 1. The molecule has 0 bridgehead atoms. The van der Waals surface area contributed by atoms with Gasteiger partial charge in [0, 0.05) is 34.7 Å². The van der Waals surface area contributed by atoms with E-state index in [4.69, 9.17) is 23.2 Å². The molecule has 1 aliphatic heterocycles. The van der Waals surface area contributed by atoms with Gasteiger partial charge in [0.05, 0.1) is 16.0 Å². The molecule has 2 heterocycles. The van der Waals surface area contributed by atoms with Crippen LogP contribution in [-0.4, -0.2) is 34.8 Å². The van der Waals surface area contributed by atoms with Crippen molar-refractivity contribution in [2.75, 3.05) is 12.3 Å². The Balaban J connectivity index is 1.66. The third-order valence-electron chi connectivity index (χ3n) is 4.29. The predicted molar refractivity (Wildman–Crippen MR) is 109 cm³/mol. The second-order valence-electron chi connectivity index (χ2n) is 5.95. The summed E-state index contributed by atoms with van der Waals surface area (Å²) in [7, 11) is -3.66. The van der Waals surface area contributed by atoms with E-state index in [1.54, 1.807) is 71.3 Å². The highest BCUT2D eigenvalue weighted by Crippen LogP contribution is 2.44. The monoisotopic (exact) mass is 439 g/mol. The van der Waals surface area contributed by atoms with Gasteiger partial charge in [-0.25, -0.2) is 13.1 Å². The van der Waals surface area contributed by atoms with Crippen LogP contribution in [0.2, 0.25) is 10.0 Å². The zero-order chi connectivity index (χ0) is 19.0. The fraction of sp³-hybridized carbons (Fsp3) is 0.167. The van der Waals surface area contributed by atoms with Crippen molar-refractivity contribution >= 4 is 45.0 Å². The number of hydrogen-bond donors (Lipinski definition) is 0. The van der Waals surface area contributed by atoms with Gasteiger partial charge in [-0.2, -0.15) is 9.40 Å². The Morgan fingerprint density at radius 1 is 1.11 bits per heavy atom. The average molecular weight is 440 g/mol. The van der Waals surface area contributed by atoms with E-state index < -0.39 is 10.0 Å². The Kier molecular flexibility index (Phi) is 5.22. The zero-order valence-corrected chi connectivity index (χ0v) is 17.1. The van der Waals surface area contributed by atoms with Crippen LogP contribution in [-0.2, 0) is 10.0 Å². The van der Waals surface area contributed by atoms with E-state index in [9.17, 15) is 8.42 Å². The van der Waals surface area contributed by atoms with Crippen LogP contribution in [0.4, 0.5) is 0 Å². The standard InChI is InChI=1S/C18H15Cl2N3O2S2/c19-13-2-7-16(17(20)12-13)18-23(10-11-26-18)27(24,25)15-5-3-14(4-6-15)22-9-1-8-21-22/h1-9,12,18H,10-11H2. The Morgan fingerprint density at radius 2 is 1.89 bits per heavy atom. The first-order valence-electron chi connectivity index (χ1n) is 8.15. The van der Waals surface area contributed by atoms with Gasteiger partial charge in [0.25, 0.3) is 0 Å². The molecule has 140 valence electrons. The van der Waals surface area contributed by atoms with Gasteiger partial charge in [0.1, 0.15) is 0 Å². The minimum atomic E-state index is -3.66. The number of benzene rings is 2. The summed E-state index contributed by atoms with van der Waals surface area (Å²) in [5, 5.41) is 4.77. The van der Waals surface area contributed by atoms with Crippen LogP contribution in [0, 0.1) is 0 Å². The predicted octanol–water partition coefficient (Wildman–Crippen LogP) is 4.62. The lowest BCUT2D eigenvalue weighted by molar-refractivity contribution is 0.434. The van der Waals surface area contributed by atoms with Gasteiger partial charge < -0.3 is 0 Å². The van der Waals surface area contributed by atoms with Gasteiger partial charge in [-0.3, -0.25) is 0 Å². The molecule has 9 heteroatoms. The van der Waals surface area contributed by atoms with E-state index in [-0.39, 0.29) is 10.3 Å². The third kappa shape index (κ3) is 3.62. The van der Waals surface area contributed by atoms with Crippen LogP contribution in [0.15, 0.2) is 65.8 Å². The van der Waals surface area contributed by atoms with Crippen LogP contribution in [0.5, 0.6) is 0 Å². The lowest BCUT2D eigenvalue weighted by Gasteiger charge is -2.24. The molecule has 1 fully saturated rings. The molecule has 1 atom stereocenters. The van der Waals surface area contributed by atoms with Gasteiger partial charge in [-0.15, -0.1) is 11.8 Å². The molecule has 1 unspecified atom stereocenters. The summed E-state index contributed by atoms with van der Waals surface area (Å²) < 4.78 is 29.6. The number of nitrogens with zero attached hydrogens (tertiary/aromatic N) is 3. The van der Waals surface area contributed by atoms with Crippen LogP contribution in [0.1, 0.15) is 10.9 Å². The number of thioether (sulfide) groups is 1. The molecule has 0 amide bonds. The van der Waals surface area contributed by atoms with Crippen molar-refractivity contribution in [3.8, 4) is 5.69 Å². The van der Waals surface area contributed by atoms with E-state index in [2.05, 4.69) is 5.10 Å². The second kappa shape index (κ2) is 7.48. The molecular weight excluding hydrogens is 425 g/mol. The summed E-state index contributed by atoms with van der Waals surface area (Å²) in [6.07, 6.45) is 3.48. The molecule has 1 aliphatic rings. The van der Waals surface area contributed by atoms with Crippen molar-refractivity contribution < 1.29 is 8.42 Å². The smallest absolute Gasteiger partial charge is 0.241 e. The fourth-order valence-electron chi connectivity index (χ4n) is 2.98. The summed E-state index contributed by atoms with van der Waals surface area (Å²) in [6.45, 7) is 0.428. The van der Waals surface area contributed by atoms with Crippen molar-refractivity contribution in [1.29, 1.82) is 0 Å². The summed E-state index contributed by atoms with van der Waals surface area (Å²) in [4.78, 5) is 0.246. The van der Waals surface area contributed by atoms with Gasteiger partial charge in [-0.05, 0) is 48.0 Å². The second-order valence-corrected chi connectivity index (χ2v) is 9.87. The highest BCUT2D eigenvalue weighted by atomic mass is 35.5. The van der Waals surface area contributed by atoms with Gasteiger partial charge in [0.15, 0.2) is 0 Å². The van der Waals surface area contributed by atoms with E-state index in [1.807, 2.05) is 6.07 Å². The molecule has 2 aromatic carbocycles. The number of halogens is 2. The first kappa shape index (κ1) is 18.8. The SMILES string of the molecule is O=S(=O)(c1ccc(-n2cccn2)cc1)N1CCSC1c1ccc(Cl)cc1Cl. The lowest BCUT2D eigenvalue weighted by Crippen LogP contribution is -2.30. The molecule has 3 aromatic rings. The van der Waals surface area contributed by atoms with Crippen molar-refractivity contribution in [2.24, 2.45) is 0 Å². The van der Waals surface area contributed by atoms with E-state index in [0.717, 1.165) is 11.3 Å². The van der Waals surface area contributed by atoms with Crippen molar-refractivity contribution in [3.05, 3.63) is 76.5 Å². The Labute approximate surface area is 171 Å². The number of aromatic nitrogens is 2. The maximum atomic E-state index is 13.2. The molecule has 0 saturated carbocycles. The molecule has 1 aromatic heterocycles. The quantitative estimate of drug-likeness (QED) is 0.595. The van der Waals surface area contributed by atoms with Crippen LogP contribution in [0.3, 0.4) is 0 Å². The maximum Gasteiger partial charge on any atom is 0.244 e. The molecule has 1 saturated heterocycles. The molecule has 27 heavy (non-hydrogen) atoms. The van der Waals surface area contributed by atoms with Gasteiger partial charge in [-0.1, -0.05) is 29.3 Å². The first-order valence-corrected chi connectivity index (χ1v) is 11.4. The van der Waals surface area contributed by atoms with Crippen molar-refractivity contribution in [3.63, 3.8) is 0 Å². The lowest BCUT2D eigenvalue weighted by atomic mass is 10.2. The molecule has 0 radical (unpaired) electrons. The Morgan fingerprint density at radius 3 is 2.56 bits per heavy atom. The van der Waals surface area contributed by atoms with Crippen LogP contribution >= 0.6 is 35.0 Å². The van der Waals surface area contributed by atoms with Crippen LogP contribution < -0.4 is 0 Å². The fourth-order valence-corrected chi connectivity index (χ4v) is 6.82. The largest absolute Gasteiger partial charge is 0.244 e. The molecular formula is C18H15Cl2N3O2S2. The van der Waals surface area contributed by atoms with Crippen molar-refractivity contribution in [2.45, 2.75) is 10.3 Å². The molecule has 5 nitrogen and oxygen atoms in total. The normalized spacial score (nSPS) is 18.1. The minimum absolute atomic E-state index is 0.246. The molecule has 0 aliphatic carbocycles. The third-order valence-corrected chi connectivity index (χ3v) is 8.11. The van der Waals surface area contributed by atoms with E-state index in [0.29, 0.717) is 22.3 Å². The number of rotatable bonds is 4. The maximum absolute atomic E-state index is 13.2. The van der Waals surface area contributed by atoms with Crippen LogP contribution in [0.25, 0.3) is 5.69 Å². The number of hydrogen-bond acceptors (Lipinski definition) is 4. The highest BCUT2D eigenvalue weighted by molar-refractivity contribution is 8.01. The Bertz CT molecular complexity index is 1050. The average Bonchev–Trinajstić information content (AvgIpc) is 3.34. The summed E-state index contributed by atoms with van der Waals surface area (Å²) in [5.74, 6) is 0.703. The summed E-state index contributed by atoms with van der Waals surface area (Å²) in [6, 6.07) is 13.7. The van der Waals surface area contributed by atoms with E-state index >= 15 is 0 Å². The first-order chi connectivity index (χ1) is 13.0. The topological polar surface area (TPSA) is 55.2 Å². The summed E-state index contributed by atoms with van der Waals surface area (Å²) >= 11 is 13.8. The van der Waals surface area contributed by atoms with Gasteiger partial charge in [0.2, 0.25) is 10.0 Å². The van der Waals surface area contributed by atoms with Crippen molar-refractivity contribution in [1.82, 2.24) is 14.1 Å². The molecule has 4 rings (SSSR count). The molecule has 0 N–H and O–H groups in total. The van der Waals surface area contributed by atoms with E-state index in [1.165, 1.54) is 4.31 Å². The summed E-state index contributed by atoms with van der Waals surface area (Å²) in [5.41, 5.74) is 1.55. The Hall–Kier alpha value is -1.51. The highest BCUT2D eigenvalue weighted by Gasteiger charge is 2.37. The minimum Gasteiger partial charge on any atom is -0.241 e. The zero-order valence-electron chi connectivity index (χ0n) is 14.0. The molecule has 0 spiro atoms. The van der Waals surface area contributed by atoms with Gasteiger partial charge >= 0.3 is 0 Å².